The largest absolute Gasteiger partial charge is 0.374 e. The van der Waals surface area contributed by atoms with E-state index in [1.807, 2.05) is 18.2 Å². The van der Waals surface area contributed by atoms with Crippen molar-refractivity contribution in [3.05, 3.63) is 35.9 Å². The molecule has 1 amide bonds. The molecular weight excluding hydrogens is 352 g/mol. The third kappa shape index (κ3) is 7.50. The Hall–Kier alpha value is -2.08. The first kappa shape index (κ1) is 22.2. The van der Waals surface area contributed by atoms with Gasteiger partial charge in [-0.2, -0.15) is 0 Å². The van der Waals surface area contributed by atoms with Gasteiger partial charge in [0.15, 0.2) is 5.96 Å². The number of hydrogen-bond donors (Lipinski definition) is 2. The van der Waals surface area contributed by atoms with Crippen molar-refractivity contribution >= 4 is 11.9 Å². The van der Waals surface area contributed by atoms with Gasteiger partial charge in [0.05, 0.1) is 6.10 Å². The van der Waals surface area contributed by atoms with E-state index < -0.39 is 0 Å². The quantitative estimate of drug-likeness (QED) is 0.388. The summed E-state index contributed by atoms with van der Waals surface area (Å²) in [4.78, 5) is 18.7. The Labute approximate surface area is 169 Å². The highest BCUT2D eigenvalue weighted by Gasteiger charge is 2.22. The van der Waals surface area contributed by atoms with Crippen molar-refractivity contribution in [1.29, 1.82) is 0 Å². The van der Waals surface area contributed by atoms with Gasteiger partial charge in [-0.3, -0.25) is 9.79 Å². The van der Waals surface area contributed by atoms with Gasteiger partial charge < -0.3 is 20.3 Å². The number of rotatable bonds is 9. The number of amides is 1. The minimum atomic E-state index is 0.109. The van der Waals surface area contributed by atoms with Gasteiger partial charge in [0.1, 0.15) is 0 Å². The molecule has 0 radical (unpaired) electrons. The van der Waals surface area contributed by atoms with Crippen LogP contribution in [-0.4, -0.2) is 56.6 Å². The third-order valence-corrected chi connectivity index (χ3v) is 5.20. The fourth-order valence-electron chi connectivity index (χ4n) is 3.47. The molecule has 0 spiro atoms. The highest BCUT2D eigenvalue weighted by Crippen LogP contribution is 2.20. The van der Waals surface area contributed by atoms with Crippen LogP contribution in [0.1, 0.15) is 51.2 Å². The second kappa shape index (κ2) is 12.4. The number of ether oxygens (including phenoxy) is 1. The Kier molecular flexibility index (Phi) is 9.83. The SMILES string of the molecule is CCNC(=NCCCOC(C)c1ccccc1)N1CCC(CC(=O)NC)CC1. The molecule has 1 heterocycles. The summed E-state index contributed by atoms with van der Waals surface area (Å²) in [5.41, 5.74) is 1.21. The lowest BCUT2D eigenvalue weighted by Crippen LogP contribution is -2.46. The second-order valence-corrected chi connectivity index (χ2v) is 7.32. The Bertz CT molecular complexity index is 598. The fourth-order valence-corrected chi connectivity index (χ4v) is 3.47. The topological polar surface area (TPSA) is 66.0 Å². The number of benzene rings is 1. The third-order valence-electron chi connectivity index (χ3n) is 5.20. The first-order valence-electron chi connectivity index (χ1n) is 10.5. The molecule has 2 rings (SSSR count). The van der Waals surface area contributed by atoms with Crippen LogP contribution in [0.3, 0.4) is 0 Å². The van der Waals surface area contributed by atoms with Gasteiger partial charge in [0.25, 0.3) is 0 Å². The molecule has 6 heteroatoms. The molecule has 156 valence electrons. The van der Waals surface area contributed by atoms with Crippen LogP contribution in [0.25, 0.3) is 0 Å². The maximum absolute atomic E-state index is 11.6. The summed E-state index contributed by atoms with van der Waals surface area (Å²) < 4.78 is 5.94. The summed E-state index contributed by atoms with van der Waals surface area (Å²) in [7, 11) is 1.71. The maximum atomic E-state index is 11.6. The number of piperidine rings is 1. The van der Waals surface area contributed by atoms with Crippen molar-refractivity contribution in [2.45, 2.75) is 45.6 Å². The summed E-state index contributed by atoms with van der Waals surface area (Å²) in [5.74, 6) is 1.60. The Morgan fingerprint density at radius 3 is 2.64 bits per heavy atom. The molecule has 0 aliphatic carbocycles. The van der Waals surface area contributed by atoms with Crippen LogP contribution in [0, 0.1) is 5.92 Å². The van der Waals surface area contributed by atoms with Crippen molar-refractivity contribution in [3.63, 3.8) is 0 Å². The molecule has 0 aromatic heterocycles. The average molecular weight is 389 g/mol. The minimum Gasteiger partial charge on any atom is -0.374 e. The molecule has 0 saturated carbocycles. The van der Waals surface area contributed by atoms with Gasteiger partial charge in [0, 0.05) is 46.3 Å². The molecule has 0 bridgehead atoms. The molecule has 2 N–H and O–H groups in total. The van der Waals surface area contributed by atoms with Gasteiger partial charge >= 0.3 is 0 Å². The first-order valence-corrected chi connectivity index (χ1v) is 10.5. The van der Waals surface area contributed by atoms with E-state index >= 15 is 0 Å². The van der Waals surface area contributed by atoms with Crippen molar-refractivity contribution < 1.29 is 9.53 Å². The summed E-state index contributed by atoms with van der Waals surface area (Å²) >= 11 is 0. The molecule has 1 aliphatic heterocycles. The Morgan fingerprint density at radius 2 is 2.00 bits per heavy atom. The summed E-state index contributed by atoms with van der Waals surface area (Å²) in [6, 6.07) is 10.3. The van der Waals surface area contributed by atoms with Crippen molar-refractivity contribution in [2.75, 3.05) is 39.8 Å². The van der Waals surface area contributed by atoms with Crippen LogP contribution in [-0.2, 0) is 9.53 Å². The van der Waals surface area contributed by atoms with E-state index in [1.165, 1.54) is 5.56 Å². The van der Waals surface area contributed by atoms with Crippen molar-refractivity contribution in [2.24, 2.45) is 10.9 Å². The van der Waals surface area contributed by atoms with Crippen LogP contribution >= 0.6 is 0 Å². The van der Waals surface area contributed by atoms with Gasteiger partial charge in [-0.25, -0.2) is 0 Å². The molecule has 1 unspecified atom stereocenters. The van der Waals surface area contributed by atoms with Gasteiger partial charge in [-0.15, -0.1) is 0 Å². The number of aliphatic imine (C=N–C) groups is 1. The van der Waals surface area contributed by atoms with Gasteiger partial charge in [-0.1, -0.05) is 30.3 Å². The smallest absolute Gasteiger partial charge is 0.220 e. The monoisotopic (exact) mass is 388 g/mol. The number of guanidine groups is 1. The van der Waals surface area contributed by atoms with Crippen molar-refractivity contribution in [1.82, 2.24) is 15.5 Å². The zero-order valence-corrected chi connectivity index (χ0v) is 17.6. The maximum Gasteiger partial charge on any atom is 0.220 e. The van der Waals surface area contributed by atoms with E-state index in [0.717, 1.165) is 51.4 Å². The number of carbonyl (C=O) groups excluding carboxylic acids is 1. The standard InChI is InChI=1S/C22H36N4O2/c1-4-24-22(26-14-11-19(12-15-26)17-21(27)23-3)25-13-8-16-28-18(2)20-9-6-5-7-10-20/h5-7,9-10,18-19H,4,8,11-17H2,1-3H3,(H,23,27)(H,24,25). The lowest BCUT2D eigenvalue weighted by atomic mass is 9.93. The number of nitrogens with one attached hydrogen (secondary N) is 2. The zero-order valence-electron chi connectivity index (χ0n) is 17.6. The van der Waals surface area contributed by atoms with E-state index in [0.29, 0.717) is 18.9 Å². The summed E-state index contributed by atoms with van der Waals surface area (Å²) in [5, 5.41) is 6.12. The fraction of sp³-hybridized carbons (Fsp3) is 0.636. The molecule has 1 saturated heterocycles. The number of carbonyl (C=O) groups is 1. The molecule has 1 aromatic carbocycles. The average Bonchev–Trinajstić information content (AvgIpc) is 2.73. The number of nitrogens with zero attached hydrogens (tertiary/aromatic N) is 2. The molecule has 1 atom stereocenters. The van der Waals surface area contributed by atoms with Crippen LogP contribution < -0.4 is 10.6 Å². The summed E-state index contributed by atoms with van der Waals surface area (Å²) in [6.07, 6.45) is 3.72. The molecule has 6 nitrogen and oxygen atoms in total. The number of likely N-dealkylation sites (tertiary alicyclic amines) is 1. The highest BCUT2D eigenvalue weighted by molar-refractivity contribution is 5.80. The Morgan fingerprint density at radius 1 is 1.29 bits per heavy atom. The summed E-state index contributed by atoms with van der Waals surface area (Å²) in [6.45, 7) is 8.40. The molecule has 28 heavy (non-hydrogen) atoms. The second-order valence-electron chi connectivity index (χ2n) is 7.32. The zero-order chi connectivity index (χ0) is 20.2. The normalized spacial score (nSPS) is 16.7. The minimum absolute atomic E-state index is 0.109. The first-order chi connectivity index (χ1) is 13.6. The van der Waals surface area contributed by atoms with Crippen molar-refractivity contribution in [3.8, 4) is 0 Å². The molecule has 1 aromatic rings. The molecular formula is C22H36N4O2. The predicted octanol–water partition coefficient (Wildman–Crippen LogP) is 2.97. The predicted molar refractivity (Wildman–Crippen MR) is 114 cm³/mol. The van der Waals surface area contributed by atoms with E-state index in [2.05, 4.69) is 41.5 Å². The highest BCUT2D eigenvalue weighted by atomic mass is 16.5. The van der Waals surface area contributed by atoms with E-state index in [9.17, 15) is 4.79 Å². The van der Waals surface area contributed by atoms with Crippen LogP contribution in [0.2, 0.25) is 0 Å². The van der Waals surface area contributed by atoms with Crippen LogP contribution in [0.4, 0.5) is 0 Å². The number of hydrogen-bond acceptors (Lipinski definition) is 3. The van der Waals surface area contributed by atoms with E-state index in [4.69, 9.17) is 9.73 Å². The van der Waals surface area contributed by atoms with Crippen LogP contribution in [0.15, 0.2) is 35.3 Å². The van der Waals surface area contributed by atoms with E-state index in [-0.39, 0.29) is 12.0 Å². The molecule has 1 fully saturated rings. The lowest BCUT2D eigenvalue weighted by Gasteiger charge is -2.34. The van der Waals surface area contributed by atoms with Crippen LogP contribution in [0.5, 0.6) is 0 Å². The Balaban J connectivity index is 1.72. The van der Waals surface area contributed by atoms with Gasteiger partial charge in [0.2, 0.25) is 5.91 Å². The lowest BCUT2D eigenvalue weighted by molar-refractivity contribution is -0.121. The van der Waals surface area contributed by atoms with Gasteiger partial charge in [-0.05, 0) is 44.6 Å². The van der Waals surface area contributed by atoms with E-state index in [1.54, 1.807) is 7.05 Å². The molecule has 1 aliphatic rings.